The first-order valence-electron chi connectivity index (χ1n) is 3.96. The van der Waals surface area contributed by atoms with Crippen LogP contribution < -0.4 is 5.46 Å². The van der Waals surface area contributed by atoms with E-state index in [4.69, 9.17) is 0 Å². The van der Waals surface area contributed by atoms with Gasteiger partial charge in [0, 0.05) is 0 Å². The topological polar surface area (TPSA) is 0 Å². The molecule has 0 atom stereocenters. The van der Waals surface area contributed by atoms with Crippen LogP contribution in [0.15, 0.2) is 30.3 Å². The Bertz CT molecular complexity index is 298. The van der Waals surface area contributed by atoms with Crippen molar-refractivity contribution in [3.8, 4) is 0 Å². The van der Waals surface area contributed by atoms with E-state index in [1.54, 1.807) is 12.2 Å². The lowest BCUT2D eigenvalue weighted by Crippen LogP contribution is -2.33. The lowest BCUT2D eigenvalue weighted by Gasteiger charge is -2.14. The molecule has 0 saturated heterocycles. The van der Waals surface area contributed by atoms with E-state index in [2.05, 4.69) is 0 Å². The molecule has 0 saturated carbocycles. The third-order valence-electron chi connectivity index (χ3n) is 1.67. The standard InChI is InChI=1S/C9H9BF3/c1-2-3-8-4-6-9(7-5-8)10(11,12)13/h2-7H,1H3/q-1/b3-2-. The van der Waals surface area contributed by atoms with Crippen LogP contribution in [0.5, 0.6) is 0 Å². The van der Waals surface area contributed by atoms with Crippen molar-refractivity contribution < 1.29 is 12.9 Å². The molecule has 0 aliphatic rings. The van der Waals surface area contributed by atoms with Crippen LogP contribution in [0.1, 0.15) is 12.5 Å². The van der Waals surface area contributed by atoms with Crippen molar-refractivity contribution in [1.29, 1.82) is 0 Å². The number of allylic oxidation sites excluding steroid dienone is 1. The summed E-state index contributed by atoms with van der Waals surface area (Å²) in [5, 5.41) is 0. The zero-order chi connectivity index (χ0) is 9.90. The molecule has 0 radical (unpaired) electrons. The van der Waals surface area contributed by atoms with Crippen LogP contribution >= 0.6 is 0 Å². The Labute approximate surface area is 75.1 Å². The lowest BCUT2D eigenvalue weighted by molar-refractivity contribution is 0.501. The summed E-state index contributed by atoms with van der Waals surface area (Å²) >= 11 is 0. The first-order valence-corrected chi connectivity index (χ1v) is 3.96. The molecule has 0 bridgehead atoms. The van der Waals surface area contributed by atoms with E-state index in [1.165, 1.54) is 12.1 Å². The van der Waals surface area contributed by atoms with Gasteiger partial charge in [0.1, 0.15) is 0 Å². The fourth-order valence-electron chi connectivity index (χ4n) is 1.02. The number of rotatable bonds is 2. The second-order valence-corrected chi connectivity index (χ2v) is 2.74. The highest BCUT2D eigenvalue weighted by Crippen LogP contribution is 2.10. The smallest absolute Gasteiger partial charge is 0.445 e. The molecule has 0 heterocycles. The summed E-state index contributed by atoms with van der Waals surface area (Å²) in [6.07, 6.45) is 3.54. The minimum absolute atomic E-state index is 0.548. The summed E-state index contributed by atoms with van der Waals surface area (Å²) in [5.41, 5.74) is 0.236. The minimum Gasteiger partial charge on any atom is -0.445 e. The van der Waals surface area contributed by atoms with Gasteiger partial charge in [0.25, 0.3) is 0 Å². The van der Waals surface area contributed by atoms with Gasteiger partial charge in [0.05, 0.1) is 0 Å². The minimum atomic E-state index is -4.85. The Kier molecular flexibility index (Phi) is 2.81. The lowest BCUT2D eigenvalue weighted by atomic mass is 9.80. The fourth-order valence-corrected chi connectivity index (χ4v) is 1.02. The van der Waals surface area contributed by atoms with Crippen molar-refractivity contribution in [2.45, 2.75) is 6.92 Å². The molecule has 0 N–H and O–H groups in total. The second kappa shape index (κ2) is 3.68. The maximum atomic E-state index is 12.1. The molecule has 0 amide bonds. The van der Waals surface area contributed by atoms with Crippen molar-refractivity contribution >= 4 is 18.5 Å². The zero-order valence-electron chi connectivity index (χ0n) is 7.18. The summed E-state index contributed by atoms with van der Waals surface area (Å²) in [4.78, 5) is 0. The van der Waals surface area contributed by atoms with Crippen LogP contribution in [-0.2, 0) is 0 Å². The first kappa shape index (κ1) is 9.90. The molecule has 0 nitrogen and oxygen atoms in total. The quantitative estimate of drug-likeness (QED) is 0.621. The third kappa shape index (κ3) is 2.65. The van der Waals surface area contributed by atoms with Crippen LogP contribution in [0.4, 0.5) is 12.9 Å². The van der Waals surface area contributed by atoms with E-state index in [0.29, 0.717) is 0 Å². The average Bonchev–Trinajstić information content (AvgIpc) is 2.04. The highest BCUT2D eigenvalue weighted by atomic mass is 19.4. The molecule has 1 rings (SSSR count). The van der Waals surface area contributed by atoms with Gasteiger partial charge in [-0.15, -0.1) is 5.46 Å². The molecular weight excluding hydrogens is 176 g/mol. The largest absolute Gasteiger partial charge is 0.509 e. The molecule has 70 valence electrons. The first-order chi connectivity index (χ1) is 6.04. The van der Waals surface area contributed by atoms with Crippen LogP contribution in [0.2, 0.25) is 0 Å². The van der Waals surface area contributed by atoms with Crippen LogP contribution in [0.25, 0.3) is 6.08 Å². The molecule has 0 unspecified atom stereocenters. The average molecular weight is 185 g/mol. The van der Waals surface area contributed by atoms with Gasteiger partial charge in [-0.05, 0) is 12.5 Å². The predicted octanol–water partition coefficient (Wildman–Crippen LogP) is 2.77. The Morgan fingerprint density at radius 2 is 1.62 bits per heavy atom. The van der Waals surface area contributed by atoms with E-state index in [-0.39, 0.29) is 0 Å². The van der Waals surface area contributed by atoms with E-state index in [9.17, 15) is 12.9 Å². The van der Waals surface area contributed by atoms with Crippen LogP contribution in [0, 0.1) is 0 Å². The van der Waals surface area contributed by atoms with Gasteiger partial charge in [0.2, 0.25) is 0 Å². The Hall–Kier alpha value is -1.19. The number of hydrogen-bond acceptors (Lipinski definition) is 0. The Morgan fingerprint density at radius 1 is 1.08 bits per heavy atom. The second-order valence-electron chi connectivity index (χ2n) is 2.74. The fraction of sp³-hybridized carbons (Fsp3) is 0.111. The van der Waals surface area contributed by atoms with Gasteiger partial charge in [-0.2, -0.15) is 0 Å². The molecule has 0 fully saturated rings. The van der Waals surface area contributed by atoms with Gasteiger partial charge in [0.15, 0.2) is 0 Å². The molecule has 1 aromatic rings. The summed E-state index contributed by atoms with van der Waals surface area (Å²) < 4.78 is 36.4. The highest BCUT2D eigenvalue weighted by Gasteiger charge is 2.24. The van der Waals surface area contributed by atoms with Crippen molar-refractivity contribution in [2.24, 2.45) is 0 Å². The van der Waals surface area contributed by atoms with Gasteiger partial charge in [-0.3, -0.25) is 0 Å². The van der Waals surface area contributed by atoms with Crippen molar-refractivity contribution in [1.82, 2.24) is 0 Å². The summed E-state index contributed by atoms with van der Waals surface area (Å²) in [7, 11) is 0. The monoisotopic (exact) mass is 185 g/mol. The summed E-state index contributed by atoms with van der Waals surface area (Å²) in [6.45, 7) is -3.03. The predicted molar refractivity (Wildman–Crippen MR) is 49.9 cm³/mol. The molecule has 1 aromatic carbocycles. The number of halogens is 3. The van der Waals surface area contributed by atoms with Gasteiger partial charge in [-0.25, -0.2) is 0 Å². The molecule has 0 spiro atoms. The number of hydrogen-bond donors (Lipinski definition) is 0. The van der Waals surface area contributed by atoms with Crippen LogP contribution in [-0.4, -0.2) is 6.98 Å². The van der Waals surface area contributed by atoms with E-state index in [0.717, 1.165) is 17.7 Å². The van der Waals surface area contributed by atoms with Gasteiger partial charge >= 0.3 is 6.98 Å². The molecular formula is C9H9BF3-. The molecule has 0 aromatic heterocycles. The normalized spacial score (nSPS) is 12.3. The Morgan fingerprint density at radius 3 is 2.00 bits per heavy atom. The van der Waals surface area contributed by atoms with Gasteiger partial charge < -0.3 is 12.9 Å². The van der Waals surface area contributed by atoms with Gasteiger partial charge in [-0.1, -0.05) is 36.4 Å². The maximum Gasteiger partial charge on any atom is 0.509 e. The van der Waals surface area contributed by atoms with Crippen molar-refractivity contribution in [3.63, 3.8) is 0 Å². The molecule has 4 heteroatoms. The zero-order valence-corrected chi connectivity index (χ0v) is 7.18. The SMILES string of the molecule is C/C=C\c1ccc([B-](F)(F)F)cc1. The number of benzene rings is 1. The van der Waals surface area contributed by atoms with E-state index >= 15 is 0 Å². The highest BCUT2D eigenvalue weighted by molar-refractivity contribution is 6.73. The molecule has 0 aliphatic carbocycles. The summed E-state index contributed by atoms with van der Waals surface area (Å²) in [6, 6.07) is 5.14. The maximum absolute atomic E-state index is 12.1. The molecule has 13 heavy (non-hydrogen) atoms. The third-order valence-corrected chi connectivity index (χ3v) is 1.67. The summed E-state index contributed by atoms with van der Waals surface area (Å²) in [5.74, 6) is 0. The van der Waals surface area contributed by atoms with E-state index in [1.807, 2.05) is 6.92 Å². The van der Waals surface area contributed by atoms with Crippen molar-refractivity contribution in [2.75, 3.05) is 0 Å². The van der Waals surface area contributed by atoms with Crippen LogP contribution in [0.3, 0.4) is 0 Å². The van der Waals surface area contributed by atoms with Crippen molar-refractivity contribution in [3.05, 3.63) is 35.9 Å². The van der Waals surface area contributed by atoms with E-state index < -0.39 is 12.4 Å². The molecule has 0 aliphatic heterocycles. The Balaban J connectivity index is 2.94.